The lowest BCUT2D eigenvalue weighted by Gasteiger charge is -2.09. The Kier molecular flexibility index (Phi) is 5.64. The monoisotopic (exact) mass is 365 g/mol. The summed E-state index contributed by atoms with van der Waals surface area (Å²) in [5.41, 5.74) is 2.10. The van der Waals surface area contributed by atoms with Gasteiger partial charge >= 0.3 is 0 Å². The van der Waals surface area contributed by atoms with Crippen molar-refractivity contribution in [2.45, 2.75) is 11.7 Å². The molecule has 0 aliphatic heterocycles. The second-order valence-corrected chi connectivity index (χ2v) is 6.15. The highest BCUT2D eigenvalue weighted by atomic mass is 79.9. The van der Waals surface area contributed by atoms with Crippen LogP contribution in [0.4, 0.5) is 0 Å². The summed E-state index contributed by atoms with van der Waals surface area (Å²) in [5, 5.41) is 3.43. The number of halogens is 1. The first-order chi connectivity index (χ1) is 10.2. The number of nitrogens with one attached hydrogen (secondary N) is 1. The minimum Gasteiger partial charge on any atom is -0.358 e. The van der Waals surface area contributed by atoms with E-state index in [-0.39, 0.29) is 5.91 Å². The van der Waals surface area contributed by atoms with Crippen LogP contribution < -0.4 is 5.32 Å². The molecular formula is C15H16BrN3OS. The largest absolute Gasteiger partial charge is 0.358 e. The zero-order valence-electron chi connectivity index (χ0n) is 11.7. The van der Waals surface area contributed by atoms with E-state index in [9.17, 15) is 4.79 Å². The van der Waals surface area contributed by atoms with Gasteiger partial charge in [0.05, 0.1) is 17.6 Å². The lowest BCUT2D eigenvalue weighted by atomic mass is 10.2. The first-order valence-electron chi connectivity index (χ1n) is 6.41. The molecule has 1 heterocycles. The van der Waals surface area contributed by atoms with E-state index in [4.69, 9.17) is 0 Å². The molecule has 110 valence electrons. The topological polar surface area (TPSA) is 46.9 Å². The van der Waals surface area contributed by atoms with E-state index >= 15 is 0 Å². The first kappa shape index (κ1) is 15.9. The van der Waals surface area contributed by atoms with E-state index in [1.54, 1.807) is 7.05 Å². The van der Waals surface area contributed by atoms with Gasteiger partial charge in [-0.2, -0.15) is 0 Å². The number of hydrogen-bond donors (Lipinski definition) is 1. The molecule has 0 saturated heterocycles. The Labute approximate surface area is 136 Å². The van der Waals surface area contributed by atoms with Crippen molar-refractivity contribution in [3.63, 3.8) is 0 Å². The summed E-state index contributed by atoms with van der Waals surface area (Å²) < 4.78 is 3.10. The summed E-state index contributed by atoms with van der Waals surface area (Å²) in [4.78, 5) is 15.8. The minimum atomic E-state index is -0.0154. The molecule has 2 rings (SSSR count). The number of hydrogen-bond acceptors (Lipinski definition) is 3. The average molecular weight is 366 g/mol. The van der Waals surface area contributed by atoms with Gasteiger partial charge in [0, 0.05) is 18.1 Å². The number of thioether (sulfide) groups is 1. The molecule has 6 heteroatoms. The van der Waals surface area contributed by atoms with Gasteiger partial charge in [0.1, 0.15) is 0 Å². The third kappa shape index (κ3) is 3.98. The number of carbonyl (C=O) groups is 1. The number of allylic oxidation sites excluding steroid dienone is 1. The predicted molar refractivity (Wildman–Crippen MR) is 90.4 cm³/mol. The fourth-order valence-electron chi connectivity index (χ4n) is 1.83. The molecule has 1 N–H and O–H groups in total. The van der Waals surface area contributed by atoms with Gasteiger partial charge in [-0.1, -0.05) is 45.9 Å². The van der Waals surface area contributed by atoms with Crippen LogP contribution in [0.15, 0.2) is 52.7 Å². The number of aromatic nitrogens is 2. The van der Waals surface area contributed by atoms with Gasteiger partial charge < -0.3 is 9.88 Å². The maximum atomic E-state index is 11.4. The van der Waals surface area contributed by atoms with Gasteiger partial charge in [-0.05, 0) is 17.7 Å². The van der Waals surface area contributed by atoms with Crippen molar-refractivity contribution in [2.75, 3.05) is 12.8 Å². The van der Waals surface area contributed by atoms with Gasteiger partial charge in [0.15, 0.2) is 5.16 Å². The van der Waals surface area contributed by atoms with E-state index in [1.165, 1.54) is 11.8 Å². The average Bonchev–Trinajstić information content (AvgIpc) is 2.89. The molecule has 1 aromatic carbocycles. The first-order valence-corrected chi connectivity index (χ1v) is 8.19. The molecular weight excluding hydrogens is 350 g/mol. The Hall–Kier alpha value is -1.53. The standard InChI is InChI=1S/C15H16BrN3OS/c1-3-8-19-13(11-4-6-12(16)7-5-11)9-18-15(19)21-10-14(20)17-2/h3-7,9H,1,8,10H2,2H3,(H,17,20). The third-order valence-corrected chi connectivity index (χ3v) is 4.40. The molecule has 0 saturated carbocycles. The molecule has 0 atom stereocenters. The molecule has 0 fully saturated rings. The highest BCUT2D eigenvalue weighted by Gasteiger charge is 2.12. The zero-order valence-corrected chi connectivity index (χ0v) is 14.1. The van der Waals surface area contributed by atoms with Crippen LogP contribution in [0, 0.1) is 0 Å². The normalized spacial score (nSPS) is 10.4. The van der Waals surface area contributed by atoms with Gasteiger partial charge in [-0.3, -0.25) is 4.79 Å². The summed E-state index contributed by atoms with van der Waals surface area (Å²) >= 11 is 4.86. The number of imidazole rings is 1. The lowest BCUT2D eigenvalue weighted by Crippen LogP contribution is -2.20. The van der Waals surface area contributed by atoms with Gasteiger partial charge in [-0.15, -0.1) is 6.58 Å². The Morgan fingerprint density at radius 3 is 2.81 bits per heavy atom. The zero-order chi connectivity index (χ0) is 15.2. The Morgan fingerprint density at radius 1 is 1.48 bits per heavy atom. The molecule has 0 spiro atoms. The van der Waals surface area contributed by atoms with Crippen molar-refractivity contribution in [2.24, 2.45) is 0 Å². The van der Waals surface area contributed by atoms with Crippen LogP contribution in [0.3, 0.4) is 0 Å². The number of rotatable bonds is 6. The van der Waals surface area contributed by atoms with E-state index in [0.717, 1.165) is 20.9 Å². The molecule has 0 unspecified atom stereocenters. The van der Waals surface area contributed by atoms with E-state index < -0.39 is 0 Å². The number of amides is 1. The third-order valence-electron chi connectivity index (χ3n) is 2.88. The van der Waals surface area contributed by atoms with Crippen molar-refractivity contribution in [3.05, 3.63) is 47.6 Å². The van der Waals surface area contributed by atoms with Crippen LogP contribution in [-0.2, 0) is 11.3 Å². The quantitative estimate of drug-likeness (QED) is 0.630. The van der Waals surface area contributed by atoms with Crippen molar-refractivity contribution >= 4 is 33.6 Å². The fraction of sp³-hybridized carbons (Fsp3) is 0.200. The number of nitrogens with zero attached hydrogens (tertiary/aromatic N) is 2. The van der Waals surface area contributed by atoms with Gasteiger partial charge in [0.2, 0.25) is 5.91 Å². The minimum absolute atomic E-state index is 0.0154. The number of benzene rings is 1. The Morgan fingerprint density at radius 2 is 2.19 bits per heavy atom. The van der Waals surface area contributed by atoms with Crippen LogP contribution in [0.2, 0.25) is 0 Å². The van der Waals surface area contributed by atoms with Crippen LogP contribution in [-0.4, -0.2) is 28.3 Å². The van der Waals surface area contributed by atoms with Crippen molar-refractivity contribution in [1.82, 2.24) is 14.9 Å². The highest BCUT2D eigenvalue weighted by Crippen LogP contribution is 2.27. The second-order valence-electron chi connectivity index (χ2n) is 4.29. The van der Waals surface area contributed by atoms with Crippen molar-refractivity contribution < 1.29 is 4.79 Å². The van der Waals surface area contributed by atoms with E-state index in [1.807, 2.05) is 36.5 Å². The molecule has 0 bridgehead atoms. The summed E-state index contributed by atoms with van der Waals surface area (Å²) in [6.07, 6.45) is 3.66. The lowest BCUT2D eigenvalue weighted by molar-refractivity contribution is -0.118. The molecule has 1 amide bonds. The molecule has 0 aliphatic rings. The van der Waals surface area contributed by atoms with Crippen molar-refractivity contribution in [3.8, 4) is 11.3 Å². The SMILES string of the molecule is C=CCn1c(-c2ccc(Br)cc2)cnc1SCC(=O)NC. The van der Waals surface area contributed by atoms with Crippen LogP contribution in [0.5, 0.6) is 0 Å². The Bertz CT molecular complexity index is 637. The number of carbonyl (C=O) groups excluding carboxylic acids is 1. The predicted octanol–water partition coefficient (Wildman–Crippen LogP) is 3.34. The summed E-state index contributed by atoms with van der Waals surface area (Å²) in [5.74, 6) is 0.336. The summed E-state index contributed by atoms with van der Waals surface area (Å²) in [6.45, 7) is 4.45. The molecule has 0 radical (unpaired) electrons. The molecule has 2 aromatic rings. The van der Waals surface area contributed by atoms with E-state index in [2.05, 4.69) is 37.4 Å². The molecule has 1 aromatic heterocycles. The molecule has 0 aliphatic carbocycles. The maximum Gasteiger partial charge on any atom is 0.230 e. The van der Waals surface area contributed by atoms with E-state index in [0.29, 0.717) is 12.3 Å². The fourth-order valence-corrected chi connectivity index (χ4v) is 2.96. The molecule has 21 heavy (non-hydrogen) atoms. The van der Waals surface area contributed by atoms with Crippen LogP contribution in [0.1, 0.15) is 0 Å². The Balaban J connectivity index is 2.29. The van der Waals surface area contributed by atoms with Crippen LogP contribution in [0.25, 0.3) is 11.3 Å². The smallest absolute Gasteiger partial charge is 0.230 e. The summed E-state index contributed by atoms with van der Waals surface area (Å²) in [6, 6.07) is 8.07. The molecule has 4 nitrogen and oxygen atoms in total. The van der Waals surface area contributed by atoms with Crippen molar-refractivity contribution in [1.29, 1.82) is 0 Å². The van der Waals surface area contributed by atoms with Gasteiger partial charge in [-0.25, -0.2) is 4.98 Å². The maximum absolute atomic E-state index is 11.4. The van der Waals surface area contributed by atoms with Gasteiger partial charge in [0.25, 0.3) is 0 Å². The summed E-state index contributed by atoms with van der Waals surface area (Å²) in [7, 11) is 1.63. The second kappa shape index (κ2) is 7.47. The highest BCUT2D eigenvalue weighted by molar-refractivity contribution is 9.10. The van der Waals surface area contributed by atoms with Crippen LogP contribution >= 0.6 is 27.7 Å².